The molecule has 0 saturated carbocycles. The van der Waals surface area contributed by atoms with Crippen molar-refractivity contribution >= 4 is 21.5 Å². The first kappa shape index (κ1) is 12.8. The maximum absolute atomic E-state index is 8.36. The molecule has 0 saturated heterocycles. The lowest BCUT2D eigenvalue weighted by atomic mass is 9.95. The summed E-state index contributed by atoms with van der Waals surface area (Å²) < 4.78 is 10.3. The third-order valence-corrected chi connectivity index (χ3v) is 4.56. The van der Waals surface area contributed by atoms with Gasteiger partial charge in [0.2, 0.25) is 5.69 Å². The maximum Gasteiger partial charge on any atom is 0.220 e. The van der Waals surface area contributed by atoms with Crippen LogP contribution < -0.4 is 4.57 Å². The molecular weight excluding hydrogens is 278 g/mol. The summed E-state index contributed by atoms with van der Waals surface area (Å²) in [6.07, 6.45) is 0.524. The molecule has 0 aliphatic heterocycles. The maximum atomic E-state index is 8.36. The molecule has 0 aliphatic rings. The molecule has 0 unspecified atom stereocenters. The number of aryl methyl sites for hydroxylation is 2. The van der Waals surface area contributed by atoms with Crippen LogP contribution in [0.4, 0.5) is 0 Å². The number of fused-ring (bicyclic) bond motifs is 2. The average molecular weight is 299 g/mol. The molecule has 4 rings (SSSR count). The van der Waals surface area contributed by atoms with Gasteiger partial charge in [0.15, 0.2) is 6.17 Å². The Labute approximate surface area is 138 Å². The van der Waals surface area contributed by atoms with Crippen LogP contribution in [-0.2, 0) is 7.05 Å². The van der Waals surface area contributed by atoms with Crippen LogP contribution in [0.25, 0.3) is 32.8 Å². The molecule has 0 spiro atoms. The van der Waals surface area contributed by atoms with Crippen LogP contribution in [0.2, 0.25) is 0 Å². The second-order valence-electron chi connectivity index (χ2n) is 6.29. The van der Waals surface area contributed by atoms with Gasteiger partial charge >= 0.3 is 0 Å². The number of hydrogen-bond acceptors (Lipinski definition) is 0. The highest BCUT2D eigenvalue weighted by Gasteiger charge is 2.17. The Morgan fingerprint density at radius 3 is 2.35 bits per heavy atom. The molecule has 1 nitrogen and oxygen atoms in total. The van der Waals surface area contributed by atoms with Crippen LogP contribution in [0.15, 0.2) is 66.8 Å². The van der Waals surface area contributed by atoms with Gasteiger partial charge in [0.1, 0.15) is 8.42 Å². The molecule has 23 heavy (non-hydrogen) atoms. The number of nitrogens with zero attached hydrogens (tertiary/aromatic N) is 1. The van der Waals surface area contributed by atoms with E-state index < -0.39 is 0 Å². The van der Waals surface area contributed by atoms with Gasteiger partial charge in [0.25, 0.3) is 0 Å². The van der Waals surface area contributed by atoms with E-state index in [2.05, 4.69) is 68.4 Å². The van der Waals surface area contributed by atoms with Crippen LogP contribution in [0.5, 0.6) is 0 Å². The molecule has 4 aromatic rings. The van der Waals surface area contributed by atoms with E-state index in [0.717, 1.165) is 11.1 Å². The van der Waals surface area contributed by atoms with Gasteiger partial charge in [-0.15, -0.1) is 0 Å². The molecule has 112 valence electrons. The van der Waals surface area contributed by atoms with Gasteiger partial charge in [-0.25, -0.2) is 4.57 Å². The Balaban J connectivity index is 2.13. The second kappa shape index (κ2) is 5.20. The van der Waals surface area contributed by atoms with Crippen LogP contribution in [0.3, 0.4) is 0 Å². The number of benzene rings is 3. The van der Waals surface area contributed by atoms with Crippen molar-refractivity contribution in [1.82, 2.24) is 0 Å². The van der Waals surface area contributed by atoms with Crippen molar-refractivity contribution in [2.75, 3.05) is 0 Å². The molecule has 0 atom stereocenters. The van der Waals surface area contributed by atoms with Gasteiger partial charge < -0.3 is 0 Å². The SMILES string of the molecule is [2H]c1cc2cc(C)ccc2c(-c2cc3ccccc3cc2C)[n+]1C. The highest BCUT2D eigenvalue weighted by Crippen LogP contribution is 2.31. The van der Waals surface area contributed by atoms with Crippen molar-refractivity contribution in [1.29, 1.82) is 0 Å². The Bertz CT molecular complexity index is 1100. The van der Waals surface area contributed by atoms with Crippen molar-refractivity contribution in [3.05, 3.63) is 78.0 Å². The fourth-order valence-corrected chi connectivity index (χ4v) is 3.36. The Morgan fingerprint density at radius 2 is 1.57 bits per heavy atom. The molecule has 0 N–H and O–H groups in total. The first-order valence-corrected chi connectivity index (χ1v) is 7.94. The number of aromatic nitrogens is 1. The lowest BCUT2D eigenvalue weighted by Gasteiger charge is -2.10. The molecule has 0 aliphatic carbocycles. The second-order valence-corrected chi connectivity index (χ2v) is 6.29. The summed E-state index contributed by atoms with van der Waals surface area (Å²) in [5.74, 6) is 0. The zero-order valence-electron chi connectivity index (χ0n) is 14.7. The van der Waals surface area contributed by atoms with Crippen molar-refractivity contribution < 1.29 is 5.94 Å². The van der Waals surface area contributed by atoms with E-state index in [0.29, 0.717) is 6.17 Å². The monoisotopic (exact) mass is 299 g/mol. The summed E-state index contributed by atoms with van der Waals surface area (Å²) in [6, 6.07) is 21.4. The van der Waals surface area contributed by atoms with E-state index in [1.54, 1.807) is 0 Å². The summed E-state index contributed by atoms with van der Waals surface area (Å²) in [6.45, 7) is 4.25. The summed E-state index contributed by atoms with van der Waals surface area (Å²) in [4.78, 5) is 0. The number of rotatable bonds is 1. The fourth-order valence-electron chi connectivity index (χ4n) is 3.36. The van der Waals surface area contributed by atoms with Gasteiger partial charge in [-0.3, -0.25) is 0 Å². The standard InChI is InChI=1S/C22H20N/c1-15-8-9-20-19(12-15)10-11-23(3)22(20)21-14-18-7-5-4-6-17(18)13-16(21)2/h4-14H,1-3H3/q+1/i11D. The highest BCUT2D eigenvalue weighted by molar-refractivity contribution is 5.97. The predicted octanol–water partition coefficient (Wildman–Crippen LogP) is 5.10. The minimum atomic E-state index is 0.524. The first-order valence-electron chi connectivity index (χ1n) is 8.44. The normalized spacial score (nSPS) is 11.9. The van der Waals surface area contributed by atoms with E-state index in [9.17, 15) is 0 Å². The van der Waals surface area contributed by atoms with Crippen LogP contribution in [0, 0.1) is 13.8 Å². The molecule has 0 radical (unpaired) electrons. The topological polar surface area (TPSA) is 3.88 Å². The minimum absolute atomic E-state index is 0.524. The highest BCUT2D eigenvalue weighted by atomic mass is 14.9. The molecule has 0 fully saturated rings. The summed E-state index contributed by atoms with van der Waals surface area (Å²) in [5, 5.41) is 4.80. The zero-order valence-corrected chi connectivity index (χ0v) is 13.7. The zero-order chi connectivity index (χ0) is 16.8. The molecule has 0 bridgehead atoms. The van der Waals surface area contributed by atoms with E-state index in [1.807, 2.05) is 17.7 Å². The molecule has 0 amide bonds. The van der Waals surface area contributed by atoms with Crippen LogP contribution in [-0.4, -0.2) is 0 Å². The van der Waals surface area contributed by atoms with Crippen LogP contribution in [0.1, 0.15) is 12.5 Å². The van der Waals surface area contributed by atoms with Crippen LogP contribution >= 0.6 is 0 Å². The van der Waals surface area contributed by atoms with E-state index in [4.69, 9.17) is 1.37 Å². The minimum Gasteiger partial charge on any atom is -0.200 e. The Kier molecular flexibility index (Phi) is 2.90. The lowest BCUT2D eigenvalue weighted by Crippen LogP contribution is -2.30. The van der Waals surface area contributed by atoms with E-state index in [1.165, 1.54) is 32.8 Å². The predicted molar refractivity (Wildman–Crippen MR) is 97.5 cm³/mol. The van der Waals surface area contributed by atoms with E-state index >= 15 is 0 Å². The van der Waals surface area contributed by atoms with Gasteiger partial charge in [-0.1, -0.05) is 48.0 Å². The average Bonchev–Trinajstić information content (AvgIpc) is 2.56. The number of hydrogen-bond donors (Lipinski definition) is 0. The largest absolute Gasteiger partial charge is 0.220 e. The molecule has 1 aromatic heterocycles. The Morgan fingerprint density at radius 1 is 0.826 bits per heavy atom. The molecule has 3 aromatic carbocycles. The van der Waals surface area contributed by atoms with Crippen molar-refractivity contribution in [2.24, 2.45) is 7.05 Å². The smallest absolute Gasteiger partial charge is 0.200 e. The molecular formula is C22H20N+. The quantitative estimate of drug-likeness (QED) is 0.430. The van der Waals surface area contributed by atoms with E-state index in [-0.39, 0.29) is 0 Å². The van der Waals surface area contributed by atoms with Gasteiger partial charge in [-0.2, -0.15) is 0 Å². The van der Waals surface area contributed by atoms with Gasteiger partial charge in [0, 0.05) is 6.07 Å². The first-order chi connectivity index (χ1) is 11.5. The Hall–Kier alpha value is -2.67. The third-order valence-electron chi connectivity index (χ3n) is 4.56. The van der Waals surface area contributed by atoms with Crippen molar-refractivity contribution in [2.45, 2.75) is 13.8 Å². The molecule has 1 heteroatoms. The summed E-state index contributed by atoms with van der Waals surface area (Å²) in [5.41, 5.74) is 4.76. The fraction of sp³-hybridized carbons (Fsp3) is 0.136. The van der Waals surface area contributed by atoms with Crippen molar-refractivity contribution in [3.8, 4) is 11.3 Å². The summed E-state index contributed by atoms with van der Waals surface area (Å²) >= 11 is 0. The van der Waals surface area contributed by atoms with Gasteiger partial charge in [0.05, 0.1) is 10.9 Å². The number of pyridine rings is 1. The van der Waals surface area contributed by atoms with Crippen molar-refractivity contribution in [3.63, 3.8) is 0 Å². The molecule has 1 heterocycles. The van der Waals surface area contributed by atoms with Gasteiger partial charge in [-0.05, 0) is 47.7 Å². The summed E-state index contributed by atoms with van der Waals surface area (Å²) in [7, 11) is 1.98. The third kappa shape index (κ3) is 2.29. The lowest BCUT2D eigenvalue weighted by molar-refractivity contribution is -0.659.